The van der Waals surface area contributed by atoms with Gasteiger partial charge in [0.1, 0.15) is 5.75 Å². The number of ether oxygens (including phenoxy) is 2. The van der Waals surface area contributed by atoms with Crippen molar-refractivity contribution in [2.45, 2.75) is 32.8 Å². The van der Waals surface area contributed by atoms with Crippen molar-refractivity contribution >= 4 is 11.9 Å². The van der Waals surface area contributed by atoms with Gasteiger partial charge in [-0.1, -0.05) is 12.1 Å². The molecule has 0 bridgehead atoms. The van der Waals surface area contributed by atoms with Gasteiger partial charge in [0, 0.05) is 36.5 Å². The fourth-order valence-electron chi connectivity index (χ4n) is 3.42. The number of aromatic nitrogens is 2. The second-order valence-corrected chi connectivity index (χ2v) is 6.80. The van der Waals surface area contributed by atoms with Crippen LogP contribution in [-0.2, 0) is 22.4 Å². The lowest BCUT2D eigenvalue weighted by molar-refractivity contribution is -0.138. The SMILES string of the molecule is COc1cccc(C[C@@H]2CN(C(=O)Cc3c(C)nc(N)nc3C)CCO2)c1. The van der Waals surface area contributed by atoms with Gasteiger partial charge in [-0.2, -0.15) is 0 Å². The van der Waals surface area contributed by atoms with Gasteiger partial charge >= 0.3 is 0 Å². The Labute approximate surface area is 159 Å². The fourth-order valence-corrected chi connectivity index (χ4v) is 3.42. The van der Waals surface area contributed by atoms with E-state index in [1.165, 1.54) is 0 Å². The Morgan fingerprint density at radius 3 is 2.78 bits per heavy atom. The molecule has 3 rings (SSSR count). The smallest absolute Gasteiger partial charge is 0.227 e. The van der Waals surface area contributed by atoms with E-state index < -0.39 is 0 Å². The Hall–Kier alpha value is -2.67. The molecule has 0 saturated carbocycles. The highest BCUT2D eigenvalue weighted by atomic mass is 16.5. The average molecular weight is 370 g/mol. The Balaban J connectivity index is 1.64. The predicted octanol–water partition coefficient (Wildman–Crippen LogP) is 1.70. The predicted molar refractivity (Wildman–Crippen MR) is 103 cm³/mol. The normalized spacial score (nSPS) is 17.0. The maximum absolute atomic E-state index is 12.8. The molecule has 0 radical (unpaired) electrons. The molecule has 1 amide bonds. The highest BCUT2D eigenvalue weighted by Gasteiger charge is 2.25. The largest absolute Gasteiger partial charge is 0.497 e. The van der Waals surface area contributed by atoms with Crippen LogP contribution in [0.4, 0.5) is 5.95 Å². The number of anilines is 1. The number of aryl methyl sites for hydroxylation is 2. The molecule has 1 saturated heterocycles. The second-order valence-electron chi connectivity index (χ2n) is 6.80. The van der Waals surface area contributed by atoms with E-state index in [0.29, 0.717) is 19.7 Å². The first kappa shape index (κ1) is 19.1. The van der Waals surface area contributed by atoms with Crippen molar-refractivity contribution in [2.75, 3.05) is 32.5 Å². The topological polar surface area (TPSA) is 90.6 Å². The molecule has 1 aliphatic heterocycles. The van der Waals surface area contributed by atoms with Gasteiger partial charge in [-0.3, -0.25) is 4.79 Å². The molecule has 1 atom stereocenters. The number of nitrogens with two attached hydrogens (primary N) is 1. The third kappa shape index (κ3) is 4.74. The maximum atomic E-state index is 12.8. The molecule has 1 aliphatic rings. The van der Waals surface area contributed by atoms with Crippen molar-refractivity contribution in [2.24, 2.45) is 0 Å². The molecule has 7 heteroatoms. The molecule has 2 N–H and O–H groups in total. The summed E-state index contributed by atoms with van der Waals surface area (Å²) in [6.07, 6.45) is 0.994. The molecule has 0 spiro atoms. The second kappa shape index (κ2) is 8.35. The number of hydrogen-bond donors (Lipinski definition) is 1. The van der Waals surface area contributed by atoms with Crippen molar-refractivity contribution < 1.29 is 14.3 Å². The van der Waals surface area contributed by atoms with Crippen molar-refractivity contribution in [3.8, 4) is 5.75 Å². The molecule has 2 heterocycles. The number of carbonyl (C=O) groups is 1. The average Bonchev–Trinajstić information content (AvgIpc) is 2.65. The first-order valence-corrected chi connectivity index (χ1v) is 9.08. The minimum absolute atomic E-state index is 0.0281. The highest BCUT2D eigenvalue weighted by Crippen LogP contribution is 2.18. The standard InChI is InChI=1S/C20H26N4O3/c1-13-18(14(2)23-20(21)22-13)11-19(25)24-7-8-27-17(12-24)10-15-5-4-6-16(9-15)26-3/h4-6,9,17H,7-8,10-12H2,1-3H3,(H2,21,22,23)/t17-/m1/s1. The quantitative estimate of drug-likeness (QED) is 0.861. The van der Waals surface area contributed by atoms with Crippen LogP contribution in [0.15, 0.2) is 24.3 Å². The number of benzene rings is 1. The molecule has 0 aliphatic carbocycles. The Morgan fingerprint density at radius 1 is 1.33 bits per heavy atom. The molecule has 27 heavy (non-hydrogen) atoms. The Kier molecular flexibility index (Phi) is 5.91. The number of morpholine rings is 1. The number of rotatable bonds is 5. The van der Waals surface area contributed by atoms with Crippen molar-refractivity contribution in [1.29, 1.82) is 0 Å². The van der Waals surface area contributed by atoms with E-state index in [2.05, 4.69) is 9.97 Å². The summed E-state index contributed by atoms with van der Waals surface area (Å²) in [5, 5.41) is 0. The summed E-state index contributed by atoms with van der Waals surface area (Å²) < 4.78 is 11.1. The molecular formula is C20H26N4O3. The molecular weight excluding hydrogens is 344 g/mol. The van der Waals surface area contributed by atoms with Gasteiger partial charge in [-0.25, -0.2) is 9.97 Å². The zero-order valence-corrected chi connectivity index (χ0v) is 16.1. The first-order valence-electron chi connectivity index (χ1n) is 9.08. The molecule has 1 aromatic heterocycles. The van der Waals surface area contributed by atoms with E-state index in [1.807, 2.05) is 43.0 Å². The summed E-state index contributed by atoms with van der Waals surface area (Å²) in [6, 6.07) is 7.93. The number of nitrogen functional groups attached to an aromatic ring is 1. The van der Waals surface area contributed by atoms with E-state index in [1.54, 1.807) is 7.11 Å². The Morgan fingerprint density at radius 2 is 2.07 bits per heavy atom. The van der Waals surface area contributed by atoms with Crippen molar-refractivity contribution in [3.63, 3.8) is 0 Å². The molecule has 7 nitrogen and oxygen atoms in total. The summed E-state index contributed by atoms with van der Waals surface area (Å²) in [6.45, 7) is 5.43. The summed E-state index contributed by atoms with van der Waals surface area (Å²) in [4.78, 5) is 23.0. The third-order valence-corrected chi connectivity index (χ3v) is 4.85. The van der Waals surface area contributed by atoms with E-state index in [9.17, 15) is 4.79 Å². The van der Waals surface area contributed by atoms with Crippen LogP contribution in [-0.4, -0.2) is 53.7 Å². The number of methoxy groups -OCH3 is 1. The van der Waals surface area contributed by atoms with Crippen LogP contribution in [0.5, 0.6) is 5.75 Å². The van der Waals surface area contributed by atoms with E-state index >= 15 is 0 Å². The van der Waals surface area contributed by atoms with Crippen LogP contribution < -0.4 is 10.5 Å². The molecule has 144 valence electrons. The van der Waals surface area contributed by atoms with Gasteiger partial charge in [0.2, 0.25) is 11.9 Å². The number of carbonyl (C=O) groups excluding carboxylic acids is 1. The van der Waals surface area contributed by atoms with Gasteiger partial charge in [0.25, 0.3) is 0 Å². The number of hydrogen-bond acceptors (Lipinski definition) is 6. The number of amides is 1. The lowest BCUT2D eigenvalue weighted by Crippen LogP contribution is -2.47. The zero-order valence-electron chi connectivity index (χ0n) is 16.1. The summed E-state index contributed by atoms with van der Waals surface area (Å²) >= 11 is 0. The zero-order chi connectivity index (χ0) is 19.4. The lowest BCUT2D eigenvalue weighted by atomic mass is 10.0. The van der Waals surface area contributed by atoms with Gasteiger partial charge in [0.05, 0.1) is 26.2 Å². The Bertz CT molecular complexity index is 802. The monoisotopic (exact) mass is 370 g/mol. The van der Waals surface area contributed by atoms with E-state index in [4.69, 9.17) is 15.2 Å². The molecule has 1 fully saturated rings. The molecule has 2 aromatic rings. The van der Waals surface area contributed by atoms with Gasteiger partial charge in [-0.05, 0) is 31.5 Å². The lowest BCUT2D eigenvalue weighted by Gasteiger charge is -2.33. The molecule has 1 aromatic carbocycles. The third-order valence-electron chi connectivity index (χ3n) is 4.85. The van der Waals surface area contributed by atoms with Gasteiger partial charge in [-0.15, -0.1) is 0 Å². The van der Waals surface area contributed by atoms with Crippen LogP contribution in [0, 0.1) is 13.8 Å². The van der Waals surface area contributed by atoms with E-state index in [0.717, 1.165) is 34.7 Å². The summed E-state index contributed by atoms with van der Waals surface area (Å²) in [5.74, 6) is 1.13. The van der Waals surface area contributed by atoms with Crippen molar-refractivity contribution in [1.82, 2.24) is 14.9 Å². The molecule has 0 unspecified atom stereocenters. The minimum atomic E-state index is -0.0281. The van der Waals surface area contributed by atoms with Gasteiger partial charge in [0.15, 0.2) is 0 Å². The highest BCUT2D eigenvalue weighted by molar-refractivity contribution is 5.79. The number of nitrogens with zero attached hydrogens (tertiary/aromatic N) is 3. The fraction of sp³-hybridized carbons (Fsp3) is 0.450. The van der Waals surface area contributed by atoms with Crippen LogP contribution in [0.3, 0.4) is 0 Å². The maximum Gasteiger partial charge on any atom is 0.227 e. The van der Waals surface area contributed by atoms with Crippen LogP contribution in [0.25, 0.3) is 0 Å². The van der Waals surface area contributed by atoms with Crippen LogP contribution >= 0.6 is 0 Å². The van der Waals surface area contributed by atoms with Gasteiger partial charge < -0.3 is 20.1 Å². The minimum Gasteiger partial charge on any atom is -0.497 e. The summed E-state index contributed by atoms with van der Waals surface area (Å²) in [7, 11) is 1.65. The van der Waals surface area contributed by atoms with Crippen LogP contribution in [0.1, 0.15) is 22.5 Å². The summed E-state index contributed by atoms with van der Waals surface area (Å²) in [5.41, 5.74) is 9.17. The first-order chi connectivity index (χ1) is 13.0. The van der Waals surface area contributed by atoms with E-state index in [-0.39, 0.29) is 24.4 Å². The van der Waals surface area contributed by atoms with Crippen LogP contribution in [0.2, 0.25) is 0 Å². The van der Waals surface area contributed by atoms with Crippen molar-refractivity contribution in [3.05, 3.63) is 46.8 Å².